The normalized spacial score (nSPS) is 24.2. The summed E-state index contributed by atoms with van der Waals surface area (Å²) < 4.78 is 5.83. The minimum atomic E-state index is 0.239. The molecule has 0 radical (unpaired) electrons. The summed E-state index contributed by atoms with van der Waals surface area (Å²) in [5, 5.41) is 3.47. The van der Waals surface area contributed by atoms with Crippen LogP contribution >= 0.6 is 0 Å². The van der Waals surface area contributed by atoms with E-state index in [4.69, 9.17) is 4.74 Å². The molecule has 2 saturated heterocycles. The van der Waals surface area contributed by atoms with E-state index in [0.29, 0.717) is 13.0 Å². The number of likely N-dealkylation sites (tertiary alicyclic amines) is 1. The van der Waals surface area contributed by atoms with Crippen LogP contribution in [-0.2, 0) is 4.79 Å². The largest absolute Gasteiger partial charge is 0.493 e. The average molecular weight is 316 g/mol. The monoisotopic (exact) mass is 316 g/mol. The van der Waals surface area contributed by atoms with E-state index in [1.165, 1.54) is 5.56 Å². The highest BCUT2D eigenvalue weighted by molar-refractivity contribution is 5.76. The lowest BCUT2D eigenvalue weighted by molar-refractivity contribution is -0.131. The van der Waals surface area contributed by atoms with E-state index in [1.54, 1.807) is 0 Å². The number of aryl methyl sites for hydroxylation is 2. The summed E-state index contributed by atoms with van der Waals surface area (Å²) >= 11 is 0. The number of hydrogen-bond acceptors (Lipinski definition) is 3. The second-order valence-electron chi connectivity index (χ2n) is 7.00. The SMILES string of the molecule is Cc1ccc(C)c(OCCC(=O)N2CC[C@@H]3CNC[C@@H]3CC2)c1. The molecular weight excluding hydrogens is 288 g/mol. The van der Waals surface area contributed by atoms with Crippen LogP contribution in [0.1, 0.15) is 30.4 Å². The zero-order valence-corrected chi connectivity index (χ0v) is 14.3. The first-order chi connectivity index (χ1) is 11.1. The van der Waals surface area contributed by atoms with Gasteiger partial charge in [-0.2, -0.15) is 0 Å². The highest BCUT2D eigenvalue weighted by atomic mass is 16.5. The molecule has 1 aromatic rings. The Kier molecular flexibility index (Phi) is 5.21. The number of nitrogens with zero attached hydrogens (tertiary/aromatic N) is 1. The van der Waals surface area contributed by atoms with E-state index in [9.17, 15) is 4.79 Å². The summed E-state index contributed by atoms with van der Waals surface area (Å²) in [5.41, 5.74) is 2.31. The standard InChI is InChI=1S/C19H28N2O2/c1-14-3-4-15(2)18(11-14)23-10-7-19(22)21-8-5-16-12-20-13-17(16)6-9-21/h3-4,11,16-17,20H,5-10,12-13H2,1-2H3/t16-,17+. The lowest BCUT2D eigenvalue weighted by Crippen LogP contribution is -2.33. The van der Waals surface area contributed by atoms with Crippen LogP contribution in [0.4, 0.5) is 0 Å². The average Bonchev–Trinajstić information content (AvgIpc) is 2.89. The van der Waals surface area contributed by atoms with Gasteiger partial charge in [0.25, 0.3) is 0 Å². The summed E-state index contributed by atoms with van der Waals surface area (Å²) in [6, 6.07) is 6.18. The molecule has 3 rings (SSSR count). The number of hydrogen-bond donors (Lipinski definition) is 1. The molecule has 126 valence electrons. The van der Waals surface area contributed by atoms with Gasteiger partial charge in [-0.15, -0.1) is 0 Å². The molecule has 0 spiro atoms. The lowest BCUT2D eigenvalue weighted by atomic mass is 9.92. The van der Waals surface area contributed by atoms with Crippen molar-refractivity contribution in [2.75, 3.05) is 32.8 Å². The first kappa shape index (κ1) is 16.3. The molecule has 0 aliphatic carbocycles. The van der Waals surface area contributed by atoms with Crippen LogP contribution in [-0.4, -0.2) is 43.6 Å². The summed E-state index contributed by atoms with van der Waals surface area (Å²) in [7, 11) is 0. The van der Waals surface area contributed by atoms with E-state index >= 15 is 0 Å². The first-order valence-corrected chi connectivity index (χ1v) is 8.82. The summed E-state index contributed by atoms with van der Waals surface area (Å²) in [6.07, 6.45) is 2.75. The second-order valence-corrected chi connectivity index (χ2v) is 7.00. The number of fused-ring (bicyclic) bond motifs is 1. The number of nitrogens with one attached hydrogen (secondary N) is 1. The fourth-order valence-electron chi connectivity index (χ4n) is 3.74. The van der Waals surface area contributed by atoms with Crippen molar-refractivity contribution < 1.29 is 9.53 Å². The fraction of sp³-hybridized carbons (Fsp3) is 0.632. The quantitative estimate of drug-likeness (QED) is 0.928. The molecule has 0 saturated carbocycles. The molecule has 2 heterocycles. The topological polar surface area (TPSA) is 41.6 Å². The van der Waals surface area contributed by atoms with E-state index in [1.807, 2.05) is 17.9 Å². The minimum Gasteiger partial charge on any atom is -0.493 e. The van der Waals surface area contributed by atoms with Gasteiger partial charge in [0.2, 0.25) is 5.91 Å². The van der Waals surface area contributed by atoms with Gasteiger partial charge in [0.1, 0.15) is 5.75 Å². The maximum Gasteiger partial charge on any atom is 0.225 e. The molecule has 0 aromatic heterocycles. The van der Waals surface area contributed by atoms with Gasteiger partial charge >= 0.3 is 0 Å². The molecule has 2 atom stereocenters. The molecule has 0 bridgehead atoms. The van der Waals surface area contributed by atoms with Crippen molar-refractivity contribution in [2.24, 2.45) is 11.8 Å². The molecule has 2 fully saturated rings. The third-order valence-corrected chi connectivity index (χ3v) is 5.29. The molecule has 0 unspecified atom stereocenters. The second kappa shape index (κ2) is 7.35. The van der Waals surface area contributed by atoms with E-state index in [2.05, 4.69) is 24.4 Å². The Balaban J connectivity index is 1.46. The van der Waals surface area contributed by atoms with E-state index < -0.39 is 0 Å². The summed E-state index contributed by atoms with van der Waals surface area (Å²) in [4.78, 5) is 14.5. The lowest BCUT2D eigenvalue weighted by Gasteiger charge is -2.21. The van der Waals surface area contributed by atoms with Crippen LogP contribution in [0, 0.1) is 25.7 Å². The van der Waals surface area contributed by atoms with Crippen molar-refractivity contribution in [3.8, 4) is 5.75 Å². The van der Waals surface area contributed by atoms with Gasteiger partial charge in [-0.1, -0.05) is 12.1 Å². The molecular formula is C19H28N2O2. The van der Waals surface area contributed by atoms with Crippen LogP contribution < -0.4 is 10.1 Å². The zero-order valence-electron chi connectivity index (χ0n) is 14.3. The third kappa shape index (κ3) is 4.05. The maximum atomic E-state index is 12.4. The maximum absolute atomic E-state index is 12.4. The molecule has 1 N–H and O–H groups in total. The Labute approximate surface area is 139 Å². The summed E-state index contributed by atoms with van der Waals surface area (Å²) in [6.45, 7) is 8.63. The van der Waals surface area contributed by atoms with Crippen molar-refractivity contribution in [2.45, 2.75) is 33.1 Å². The van der Waals surface area contributed by atoms with E-state index in [0.717, 1.165) is 62.2 Å². The van der Waals surface area contributed by atoms with Gasteiger partial charge in [0, 0.05) is 13.1 Å². The highest BCUT2D eigenvalue weighted by Crippen LogP contribution is 2.27. The number of benzene rings is 1. The van der Waals surface area contributed by atoms with Crippen LogP contribution in [0.15, 0.2) is 18.2 Å². The fourth-order valence-corrected chi connectivity index (χ4v) is 3.74. The molecule has 1 amide bonds. The first-order valence-electron chi connectivity index (χ1n) is 8.82. The van der Waals surface area contributed by atoms with Crippen molar-refractivity contribution in [3.05, 3.63) is 29.3 Å². The van der Waals surface area contributed by atoms with Crippen LogP contribution in [0.3, 0.4) is 0 Å². The van der Waals surface area contributed by atoms with Gasteiger partial charge in [-0.05, 0) is 68.8 Å². The van der Waals surface area contributed by atoms with Gasteiger partial charge in [-0.3, -0.25) is 4.79 Å². The van der Waals surface area contributed by atoms with Crippen molar-refractivity contribution in [3.63, 3.8) is 0 Å². The molecule has 23 heavy (non-hydrogen) atoms. The van der Waals surface area contributed by atoms with Crippen molar-refractivity contribution in [1.82, 2.24) is 10.2 Å². The predicted molar refractivity (Wildman–Crippen MR) is 91.7 cm³/mol. The van der Waals surface area contributed by atoms with Gasteiger partial charge in [0.05, 0.1) is 13.0 Å². The summed E-state index contributed by atoms with van der Waals surface area (Å²) in [5.74, 6) is 2.66. The minimum absolute atomic E-state index is 0.239. The third-order valence-electron chi connectivity index (χ3n) is 5.29. The molecule has 4 nitrogen and oxygen atoms in total. The molecule has 2 aliphatic rings. The van der Waals surface area contributed by atoms with Gasteiger partial charge < -0.3 is 15.0 Å². The van der Waals surface area contributed by atoms with Gasteiger partial charge in [0.15, 0.2) is 0 Å². The predicted octanol–water partition coefficient (Wildman–Crippen LogP) is 2.53. The number of carbonyl (C=O) groups is 1. The highest BCUT2D eigenvalue weighted by Gasteiger charge is 2.31. The Morgan fingerprint density at radius 2 is 1.91 bits per heavy atom. The van der Waals surface area contributed by atoms with Crippen LogP contribution in [0.25, 0.3) is 0 Å². The van der Waals surface area contributed by atoms with Crippen molar-refractivity contribution >= 4 is 5.91 Å². The smallest absolute Gasteiger partial charge is 0.225 e. The Hall–Kier alpha value is -1.55. The Morgan fingerprint density at radius 1 is 1.22 bits per heavy atom. The molecule has 1 aromatic carbocycles. The number of rotatable bonds is 4. The molecule has 2 aliphatic heterocycles. The number of amides is 1. The zero-order chi connectivity index (χ0) is 16.2. The molecule has 4 heteroatoms. The number of ether oxygens (including phenoxy) is 1. The van der Waals surface area contributed by atoms with Gasteiger partial charge in [-0.25, -0.2) is 0 Å². The Bertz CT molecular complexity index is 544. The van der Waals surface area contributed by atoms with Crippen LogP contribution in [0.5, 0.6) is 5.75 Å². The van der Waals surface area contributed by atoms with Crippen molar-refractivity contribution in [1.29, 1.82) is 0 Å². The Morgan fingerprint density at radius 3 is 2.61 bits per heavy atom. The number of carbonyl (C=O) groups excluding carboxylic acids is 1. The van der Waals surface area contributed by atoms with E-state index in [-0.39, 0.29) is 5.91 Å². The van der Waals surface area contributed by atoms with Crippen LogP contribution in [0.2, 0.25) is 0 Å².